The molecule has 110 valence electrons. The summed E-state index contributed by atoms with van der Waals surface area (Å²) in [5, 5.41) is 10.2. The number of rotatable bonds is 3. The van der Waals surface area contributed by atoms with E-state index in [1.807, 2.05) is 33.0 Å². The van der Waals surface area contributed by atoms with Gasteiger partial charge in [0.15, 0.2) is 0 Å². The monoisotopic (exact) mass is 276 g/mol. The molecule has 0 radical (unpaired) electrons. The number of ether oxygens (including phenoxy) is 1. The van der Waals surface area contributed by atoms with E-state index in [2.05, 4.69) is 22.5 Å². The first-order valence-electron chi connectivity index (χ1n) is 7.05. The Morgan fingerprint density at radius 2 is 2.25 bits per heavy atom. The fourth-order valence-corrected chi connectivity index (χ4v) is 2.30. The Labute approximate surface area is 121 Å². The van der Waals surface area contributed by atoms with Crippen molar-refractivity contribution in [1.82, 2.24) is 4.98 Å². The SMILES string of the molecule is C=C(C)c1ccc(N2CCOC[C@@H](C(C)(C)O)C2)cn1. The van der Waals surface area contributed by atoms with Crippen LogP contribution in [0.3, 0.4) is 0 Å². The fraction of sp³-hybridized carbons (Fsp3) is 0.562. The minimum atomic E-state index is -0.742. The van der Waals surface area contributed by atoms with Gasteiger partial charge in [0.25, 0.3) is 0 Å². The van der Waals surface area contributed by atoms with Crippen LogP contribution in [0.4, 0.5) is 5.69 Å². The maximum Gasteiger partial charge on any atom is 0.0658 e. The Morgan fingerprint density at radius 3 is 2.80 bits per heavy atom. The van der Waals surface area contributed by atoms with Crippen LogP contribution in [-0.4, -0.2) is 42.0 Å². The van der Waals surface area contributed by atoms with Crippen LogP contribution in [-0.2, 0) is 4.74 Å². The summed E-state index contributed by atoms with van der Waals surface area (Å²) in [6.45, 7) is 12.4. The third-order valence-corrected chi connectivity index (χ3v) is 3.81. The predicted octanol–water partition coefficient (Wildman–Crippen LogP) is 2.34. The van der Waals surface area contributed by atoms with E-state index in [1.165, 1.54) is 0 Å². The zero-order valence-corrected chi connectivity index (χ0v) is 12.6. The molecule has 0 amide bonds. The Bertz CT molecular complexity index is 462. The smallest absolute Gasteiger partial charge is 0.0658 e. The zero-order valence-electron chi connectivity index (χ0n) is 12.6. The number of hydrogen-bond acceptors (Lipinski definition) is 4. The summed E-state index contributed by atoms with van der Waals surface area (Å²) < 4.78 is 5.61. The highest BCUT2D eigenvalue weighted by Crippen LogP contribution is 2.24. The number of aromatic nitrogens is 1. The summed E-state index contributed by atoms with van der Waals surface area (Å²) in [5.74, 6) is 0.0887. The van der Waals surface area contributed by atoms with E-state index in [9.17, 15) is 5.11 Å². The van der Waals surface area contributed by atoms with Crippen molar-refractivity contribution in [3.05, 3.63) is 30.6 Å². The molecule has 1 aliphatic heterocycles. The lowest BCUT2D eigenvalue weighted by molar-refractivity contribution is -0.0158. The first-order valence-corrected chi connectivity index (χ1v) is 7.05. The van der Waals surface area contributed by atoms with E-state index >= 15 is 0 Å². The molecule has 2 rings (SSSR count). The molecular formula is C16H24N2O2. The molecule has 0 bridgehead atoms. The van der Waals surface area contributed by atoms with Crippen LogP contribution in [0.1, 0.15) is 26.5 Å². The summed E-state index contributed by atoms with van der Waals surface area (Å²) in [4.78, 5) is 6.65. The highest BCUT2D eigenvalue weighted by Gasteiger charge is 2.30. The van der Waals surface area contributed by atoms with E-state index in [0.29, 0.717) is 13.2 Å². The van der Waals surface area contributed by atoms with E-state index in [-0.39, 0.29) is 5.92 Å². The van der Waals surface area contributed by atoms with Gasteiger partial charge in [-0.1, -0.05) is 6.58 Å². The molecule has 1 aromatic heterocycles. The Kier molecular flexibility index (Phi) is 4.45. The molecule has 1 saturated heterocycles. The van der Waals surface area contributed by atoms with Crippen LogP contribution >= 0.6 is 0 Å². The van der Waals surface area contributed by atoms with Gasteiger partial charge in [-0.15, -0.1) is 0 Å². The standard InChI is InChI=1S/C16H24N2O2/c1-12(2)15-6-5-14(9-17-15)18-7-8-20-11-13(10-18)16(3,4)19/h5-6,9,13,19H,1,7-8,10-11H2,2-4H3/t13-/m0/s1. The second-order valence-electron chi connectivity index (χ2n) is 6.05. The van der Waals surface area contributed by atoms with Gasteiger partial charge in [-0.2, -0.15) is 0 Å². The molecular weight excluding hydrogens is 252 g/mol. The largest absolute Gasteiger partial charge is 0.390 e. The summed E-state index contributed by atoms with van der Waals surface area (Å²) in [5.41, 5.74) is 2.20. The molecule has 0 saturated carbocycles. The van der Waals surface area contributed by atoms with E-state index < -0.39 is 5.60 Å². The lowest BCUT2D eigenvalue weighted by atomic mass is 9.91. The molecule has 1 fully saturated rings. The first-order chi connectivity index (χ1) is 9.38. The molecule has 4 nitrogen and oxygen atoms in total. The Balaban J connectivity index is 2.15. The normalized spacial score (nSPS) is 20.6. The van der Waals surface area contributed by atoms with E-state index in [1.54, 1.807) is 0 Å². The number of nitrogens with zero attached hydrogens (tertiary/aromatic N) is 2. The maximum absolute atomic E-state index is 10.2. The van der Waals surface area contributed by atoms with Gasteiger partial charge >= 0.3 is 0 Å². The second-order valence-corrected chi connectivity index (χ2v) is 6.05. The Hall–Kier alpha value is -1.39. The van der Waals surface area contributed by atoms with Gasteiger partial charge in [-0.25, -0.2) is 0 Å². The van der Waals surface area contributed by atoms with Crippen molar-refractivity contribution in [3.63, 3.8) is 0 Å². The van der Waals surface area contributed by atoms with Gasteiger partial charge in [-0.3, -0.25) is 4.98 Å². The lowest BCUT2D eigenvalue weighted by Crippen LogP contribution is -2.41. The van der Waals surface area contributed by atoms with Crippen molar-refractivity contribution >= 4 is 11.3 Å². The molecule has 0 aromatic carbocycles. The molecule has 1 aromatic rings. The summed E-state index contributed by atoms with van der Waals surface area (Å²) >= 11 is 0. The van der Waals surface area contributed by atoms with Crippen molar-refractivity contribution in [2.75, 3.05) is 31.2 Å². The second kappa shape index (κ2) is 5.94. The summed E-state index contributed by atoms with van der Waals surface area (Å²) in [6, 6.07) is 4.05. The lowest BCUT2D eigenvalue weighted by Gasteiger charge is -2.32. The van der Waals surface area contributed by atoms with Crippen molar-refractivity contribution in [3.8, 4) is 0 Å². The fourth-order valence-electron chi connectivity index (χ4n) is 2.30. The quantitative estimate of drug-likeness (QED) is 0.920. The Morgan fingerprint density at radius 1 is 1.50 bits per heavy atom. The molecule has 1 atom stereocenters. The predicted molar refractivity (Wildman–Crippen MR) is 81.8 cm³/mol. The van der Waals surface area contributed by atoms with Crippen LogP contribution in [0.2, 0.25) is 0 Å². The maximum atomic E-state index is 10.2. The molecule has 4 heteroatoms. The zero-order chi connectivity index (χ0) is 14.8. The molecule has 1 N–H and O–H groups in total. The van der Waals surface area contributed by atoms with Crippen molar-refractivity contribution in [2.45, 2.75) is 26.4 Å². The summed E-state index contributed by atoms with van der Waals surface area (Å²) in [7, 11) is 0. The van der Waals surface area contributed by atoms with Crippen molar-refractivity contribution in [1.29, 1.82) is 0 Å². The molecule has 0 aliphatic carbocycles. The third kappa shape index (κ3) is 3.58. The molecule has 1 aliphatic rings. The third-order valence-electron chi connectivity index (χ3n) is 3.81. The summed E-state index contributed by atoms with van der Waals surface area (Å²) in [6.07, 6.45) is 1.87. The van der Waals surface area contributed by atoms with Crippen molar-refractivity contribution < 1.29 is 9.84 Å². The van der Waals surface area contributed by atoms with Crippen LogP contribution in [0.15, 0.2) is 24.9 Å². The van der Waals surface area contributed by atoms with Crippen LogP contribution < -0.4 is 4.90 Å². The molecule has 20 heavy (non-hydrogen) atoms. The van der Waals surface area contributed by atoms with Gasteiger partial charge < -0.3 is 14.7 Å². The van der Waals surface area contributed by atoms with Crippen molar-refractivity contribution in [2.24, 2.45) is 5.92 Å². The average molecular weight is 276 g/mol. The van der Waals surface area contributed by atoms with E-state index in [4.69, 9.17) is 4.74 Å². The minimum Gasteiger partial charge on any atom is -0.390 e. The first kappa shape index (κ1) is 15.0. The highest BCUT2D eigenvalue weighted by molar-refractivity contribution is 5.59. The number of aliphatic hydroxyl groups is 1. The molecule has 2 heterocycles. The number of hydrogen-bond donors (Lipinski definition) is 1. The van der Waals surface area contributed by atoms with Crippen LogP contribution in [0.25, 0.3) is 5.57 Å². The number of anilines is 1. The van der Waals surface area contributed by atoms with Gasteiger partial charge in [0.05, 0.1) is 36.4 Å². The molecule has 0 unspecified atom stereocenters. The van der Waals surface area contributed by atoms with E-state index in [0.717, 1.165) is 30.0 Å². The van der Waals surface area contributed by atoms with Gasteiger partial charge in [0, 0.05) is 19.0 Å². The number of pyridine rings is 1. The minimum absolute atomic E-state index is 0.0887. The van der Waals surface area contributed by atoms with Gasteiger partial charge in [0.2, 0.25) is 0 Å². The van der Waals surface area contributed by atoms with Crippen LogP contribution in [0.5, 0.6) is 0 Å². The number of allylic oxidation sites excluding steroid dienone is 1. The topological polar surface area (TPSA) is 45.6 Å². The van der Waals surface area contributed by atoms with Gasteiger partial charge in [0.1, 0.15) is 0 Å². The average Bonchev–Trinajstić information content (AvgIpc) is 2.64. The highest BCUT2D eigenvalue weighted by atomic mass is 16.5. The van der Waals surface area contributed by atoms with Gasteiger partial charge in [-0.05, 0) is 38.5 Å². The molecule has 0 spiro atoms. The van der Waals surface area contributed by atoms with Crippen LogP contribution in [0, 0.1) is 5.92 Å².